The van der Waals surface area contributed by atoms with Crippen LogP contribution < -0.4 is 0 Å². The van der Waals surface area contributed by atoms with E-state index >= 15 is 0 Å². The number of carbonyl (C=O) groups excluding carboxylic acids is 1. The predicted molar refractivity (Wildman–Crippen MR) is 151 cm³/mol. The molecule has 2 aromatic carbocycles. The normalized spacial score (nSPS) is 50.3. The highest BCUT2D eigenvalue weighted by atomic mass is 16.9. The fraction of sp³-hybridized carbons (Fsp3) is 0.559. The summed E-state index contributed by atoms with van der Waals surface area (Å²) in [6, 6.07) is 18.1. The Hall–Kier alpha value is -2.63. The molecule has 8 rings (SSSR count). The number of fused-ring (bicyclic) bond motifs is 3. The molecule has 0 aromatic heterocycles. The predicted octanol–water partition coefficient (Wildman–Crippen LogP) is 3.07. The van der Waals surface area contributed by atoms with Crippen LogP contribution in [0, 0.1) is 23.7 Å². The SMILES string of the molecule is C=C(C)[C@@]12C[C@H](C)[C@]34O[C@@](c5ccccc5)(O[C@H]1[C@H]3[C@H]1O[C@@]1(CO)[C@H](O)[C@@]1(O)[C@H](OC(=O)c3ccccc3)[C@H](C)C[C@@H]14)O2. The molecule has 2 aromatic rings. The summed E-state index contributed by atoms with van der Waals surface area (Å²) in [5.74, 6) is -4.00. The van der Waals surface area contributed by atoms with Crippen LogP contribution in [-0.4, -0.2) is 74.7 Å². The van der Waals surface area contributed by atoms with Crippen LogP contribution in [0.1, 0.15) is 49.5 Å². The van der Waals surface area contributed by atoms with Crippen LogP contribution in [0.15, 0.2) is 72.8 Å². The molecule has 3 aliphatic carbocycles. The van der Waals surface area contributed by atoms with Gasteiger partial charge < -0.3 is 39.0 Å². The molecule has 0 spiro atoms. The molecule has 3 N–H and O–H groups in total. The summed E-state index contributed by atoms with van der Waals surface area (Å²) in [6.45, 7) is 9.70. The van der Waals surface area contributed by atoms with E-state index in [1.807, 2.05) is 44.2 Å². The second-order valence-electron chi connectivity index (χ2n) is 13.7. The summed E-state index contributed by atoms with van der Waals surface area (Å²) in [6.07, 6.45) is -3.06. The molecule has 43 heavy (non-hydrogen) atoms. The molecule has 13 atom stereocenters. The van der Waals surface area contributed by atoms with Gasteiger partial charge in [-0.3, -0.25) is 0 Å². The molecule has 9 nitrogen and oxygen atoms in total. The molecule has 3 heterocycles. The Balaban J connectivity index is 1.32. The first-order chi connectivity index (χ1) is 20.5. The third kappa shape index (κ3) is 3.19. The minimum absolute atomic E-state index is 0.224. The monoisotopic (exact) mass is 590 g/mol. The molecule has 0 unspecified atom stereocenters. The lowest BCUT2D eigenvalue weighted by Gasteiger charge is -2.60. The lowest BCUT2D eigenvalue weighted by Crippen LogP contribution is -2.72. The molecule has 6 fully saturated rings. The molecule has 3 aliphatic heterocycles. The van der Waals surface area contributed by atoms with Crippen molar-refractivity contribution in [1.29, 1.82) is 0 Å². The molecule has 3 bridgehead atoms. The zero-order valence-electron chi connectivity index (χ0n) is 24.5. The fourth-order valence-electron chi connectivity index (χ4n) is 9.71. The van der Waals surface area contributed by atoms with E-state index in [2.05, 4.69) is 13.5 Å². The summed E-state index contributed by atoms with van der Waals surface area (Å²) >= 11 is 0. The highest BCUT2D eigenvalue weighted by Crippen LogP contribution is 2.75. The van der Waals surface area contributed by atoms with Crippen LogP contribution in [0.4, 0.5) is 0 Å². The van der Waals surface area contributed by atoms with Crippen LogP contribution in [0.5, 0.6) is 0 Å². The van der Waals surface area contributed by atoms with E-state index in [4.69, 9.17) is 23.7 Å². The Bertz CT molecular complexity index is 1480. The first-order valence-electron chi connectivity index (χ1n) is 15.2. The Kier molecular flexibility index (Phi) is 5.68. The fourth-order valence-corrected chi connectivity index (χ4v) is 9.71. The van der Waals surface area contributed by atoms with Crippen molar-refractivity contribution in [2.75, 3.05) is 6.61 Å². The van der Waals surface area contributed by atoms with E-state index in [-0.39, 0.29) is 11.8 Å². The van der Waals surface area contributed by atoms with Gasteiger partial charge in [-0.2, -0.15) is 0 Å². The average molecular weight is 591 g/mol. The quantitative estimate of drug-likeness (QED) is 0.274. The summed E-state index contributed by atoms with van der Waals surface area (Å²) < 4.78 is 33.4. The molecular weight excluding hydrogens is 552 g/mol. The minimum Gasteiger partial charge on any atom is -0.455 e. The summed E-state index contributed by atoms with van der Waals surface area (Å²) in [7, 11) is 0. The van der Waals surface area contributed by atoms with Gasteiger partial charge in [-0.1, -0.05) is 69.0 Å². The van der Waals surface area contributed by atoms with Gasteiger partial charge in [0.2, 0.25) is 0 Å². The number of carbonyl (C=O) groups is 1. The van der Waals surface area contributed by atoms with Crippen molar-refractivity contribution in [3.05, 3.63) is 83.9 Å². The number of aliphatic hydroxyl groups excluding tert-OH is 2. The van der Waals surface area contributed by atoms with Crippen molar-refractivity contribution < 1.29 is 43.8 Å². The number of benzene rings is 2. The van der Waals surface area contributed by atoms with Gasteiger partial charge in [-0.05, 0) is 49.3 Å². The summed E-state index contributed by atoms with van der Waals surface area (Å²) in [5.41, 5.74) is -3.78. The second-order valence-corrected chi connectivity index (χ2v) is 13.7. The minimum atomic E-state index is -2.01. The van der Waals surface area contributed by atoms with Crippen molar-refractivity contribution in [1.82, 2.24) is 0 Å². The van der Waals surface area contributed by atoms with Gasteiger partial charge >= 0.3 is 11.9 Å². The first kappa shape index (κ1) is 27.9. The van der Waals surface area contributed by atoms with Crippen molar-refractivity contribution in [3.8, 4) is 0 Å². The van der Waals surface area contributed by atoms with Gasteiger partial charge in [-0.15, -0.1) is 0 Å². The average Bonchev–Trinajstić information content (AvgIpc) is 3.64. The molecule has 0 amide bonds. The molecule has 3 saturated carbocycles. The van der Waals surface area contributed by atoms with Crippen LogP contribution in [0.25, 0.3) is 0 Å². The van der Waals surface area contributed by atoms with Crippen molar-refractivity contribution in [3.63, 3.8) is 0 Å². The lowest BCUT2D eigenvalue weighted by molar-refractivity contribution is -0.443. The van der Waals surface area contributed by atoms with Gasteiger partial charge in [0.25, 0.3) is 0 Å². The Morgan fingerprint density at radius 3 is 2.35 bits per heavy atom. The van der Waals surface area contributed by atoms with Crippen LogP contribution in [0.2, 0.25) is 0 Å². The number of rotatable bonds is 5. The van der Waals surface area contributed by atoms with Crippen LogP contribution in [-0.2, 0) is 29.7 Å². The second kappa shape index (κ2) is 8.75. The zero-order valence-corrected chi connectivity index (χ0v) is 24.5. The lowest BCUT2D eigenvalue weighted by atomic mass is 9.54. The van der Waals surface area contributed by atoms with Gasteiger partial charge in [0, 0.05) is 17.4 Å². The molecule has 0 radical (unpaired) electrons. The Labute approximate surface area is 250 Å². The number of hydrogen-bond donors (Lipinski definition) is 3. The number of ether oxygens (including phenoxy) is 5. The highest BCUT2D eigenvalue weighted by molar-refractivity contribution is 5.89. The third-order valence-corrected chi connectivity index (χ3v) is 11.6. The van der Waals surface area contributed by atoms with E-state index < -0.39 is 77.2 Å². The topological polar surface area (TPSA) is 127 Å². The Morgan fingerprint density at radius 2 is 1.70 bits per heavy atom. The third-order valence-electron chi connectivity index (χ3n) is 11.6. The van der Waals surface area contributed by atoms with Crippen LogP contribution in [0.3, 0.4) is 0 Å². The van der Waals surface area contributed by atoms with E-state index in [1.165, 1.54) is 0 Å². The van der Waals surface area contributed by atoms with E-state index in [1.54, 1.807) is 30.3 Å². The number of hydrogen-bond acceptors (Lipinski definition) is 9. The van der Waals surface area contributed by atoms with Gasteiger partial charge in [0.05, 0.1) is 17.8 Å². The van der Waals surface area contributed by atoms with Crippen molar-refractivity contribution in [2.45, 2.75) is 86.4 Å². The van der Waals surface area contributed by atoms with Gasteiger partial charge in [0.15, 0.2) is 0 Å². The Morgan fingerprint density at radius 1 is 1.02 bits per heavy atom. The van der Waals surface area contributed by atoms with E-state index in [0.717, 1.165) is 5.57 Å². The number of epoxide rings is 1. The molecule has 9 heteroatoms. The van der Waals surface area contributed by atoms with Gasteiger partial charge in [0.1, 0.15) is 41.2 Å². The summed E-state index contributed by atoms with van der Waals surface area (Å²) in [4.78, 5) is 13.4. The zero-order chi connectivity index (χ0) is 30.2. The maximum Gasteiger partial charge on any atom is 0.338 e. The van der Waals surface area contributed by atoms with Gasteiger partial charge in [-0.25, -0.2) is 4.79 Å². The summed E-state index contributed by atoms with van der Waals surface area (Å²) in [5, 5.41) is 35.9. The maximum absolute atomic E-state index is 13.4. The maximum atomic E-state index is 13.4. The number of aliphatic hydroxyl groups is 3. The molecule has 6 aliphatic rings. The highest BCUT2D eigenvalue weighted by Gasteiger charge is 2.89. The molecular formula is C34H38O9. The molecule has 228 valence electrons. The van der Waals surface area contributed by atoms with Crippen molar-refractivity contribution >= 4 is 5.97 Å². The van der Waals surface area contributed by atoms with Crippen molar-refractivity contribution in [2.24, 2.45) is 23.7 Å². The van der Waals surface area contributed by atoms with Crippen LogP contribution >= 0.6 is 0 Å². The largest absolute Gasteiger partial charge is 0.455 e. The number of esters is 1. The van der Waals surface area contributed by atoms with E-state index in [9.17, 15) is 20.1 Å². The first-order valence-corrected chi connectivity index (χ1v) is 15.2. The standard InChI is InChI=1S/C34H38O9/c1-18(2)30-16-20(4)33-23-15-19(3)25(39-28(36)21-11-7-5-8-12-21)32(23,38)29(37)31(17-35)27(40-31)24(33)26(30)41-34(42-30,43-33)22-13-9-6-10-14-22/h5-14,19-20,23-27,29,35,37-38H,1,15-17H2,2-4H3/t19-,20+,23+,24+,25-,26+,27-,29+,30+,31-,32+,33-,34+/m1/s1. The smallest absolute Gasteiger partial charge is 0.338 e. The van der Waals surface area contributed by atoms with E-state index in [0.29, 0.717) is 24.0 Å². The molecule has 3 saturated heterocycles.